The maximum absolute atomic E-state index is 10.9. The second-order valence-electron chi connectivity index (χ2n) is 3.00. The minimum atomic E-state index is -0.130. The zero-order chi connectivity index (χ0) is 8.81. The molecule has 0 saturated carbocycles. The minimum absolute atomic E-state index is 0.130. The van der Waals surface area contributed by atoms with Gasteiger partial charge in [0.15, 0.2) is 12.1 Å². The first-order valence-electron chi connectivity index (χ1n) is 4.58. The van der Waals surface area contributed by atoms with Crippen LogP contribution in [0.5, 0.6) is 0 Å². The number of Topliss-reactive ketones (excluding diaryl/α,β-unsaturated/α-hetero) is 1. The van der Waals surface area contributed by atoms with Crippen LogP contribution >= 0.6 is 0 Å². The van der Waals surface area contributed by atoms with Crippen LogP contribution in [-0.4, -0.2) is 25.3 Å². The van der Waals surface area contributed by atoms with Crippen molar-refractivity contribution in [2.75, 3.05) is 13.2 Å². The van der Waals surface area contributed by atoms with E-state index in [1.165, 1.54) is 0 Å². The normalized spacial score (nSPS) is 23.9. The topological polar surface area (TPSA) is 35.5 Å². The summed E-state index contributed by atoms with van der Waals surface area (Å²) < 4.78 is 10.6. The van der Waals surface area contributed by atoms with E-state index >= 15 is 0 Å². The smallest absolute Gasteiger partial charge is 0.158 e. The molecule has 70 valence electrons. The van der Waals surface area contributed by atoms with Gasteiger partial charge in [-0.2, -0.15) is 0 Å². The summed E-state index contributed by atoms with van der Waals surface area (Å²) in [6.45, 7) is 2.82. The van der Waals surface area contributed by atoms with E-state index in [0.29, 0.717) is 6.42 Å². The zero-order valence-electron chi connectivity index (χ0n) is 7.54. The minimum Gasteiger partial charge on any atom is -0.353 e. The van der Waals surface area contributed by atoms with Gasteiger partial charge in [-0.05, 0) is 19.3 Å². The second kappa shape index (κ2) is 5.27. The lowest BCUT2D eigenvalue weighted by atomic mass is 10.2. The standard InChI is InChI=1S/C9H16O3/c1-2-8(10)7-12-9-5-3-4-6-11-9/h9H,2-7H2,1H3. The van der Waals surface area contributed by atoms with Crippen molar-refractivity contribution in [3.05, 3.63) is 0 Å². The lowest BCUT2D eigenvalue weighted by Crippen LogP contribution is -2.24. The number of carbonyl (C=O) groups is 1. The molecular weight excluding hydrogens is 156 g/mol. The molecular formula is C9H16O3. The van der Waals surface area contributed by atoms with Crippen LogP contribution in [0.2, 0.25) is 0 Å². The van der Waals surface area contributed by atoms with E-state index in [1.54, 1.807) is 0 Å². The van der Waals surface area contributed by atoms with Crippen molar-refractivity contribution < 1.29 is 14.3 Å². The highest BCUT2D eigenvalue weighted by Gasteiger charge is 2.14. The van der Waals surface area contributed by atoms with Crippen LogP contribution < -0.4 is 0 Å². The molecule has 0 aromatic rings. The van der Waals surface area contributed by atoms with Crippen molar-refractivity contribution in [2.24, 2.45) is 0 Å². The maximum Gasteiger partial charge on any atom is 0.158 e. The molecule has 1 rings (SSSR count). The van der Waals surface area contributed by atoms with Gasteiger partial charge in [-0.25, -0.2) is 0 Å². The lowest BCUT2D eigenvalue weighted by molar-refractivity contribution is -0.168. The zero-order valence-corrected chi connectivity index (χ0v) is 7.54. The van der Waals surface area contributed by atoms with Crippen molar-refractivity contribution in [2.45, 2.75) is 38.9 Å². The lowest BCUT2D eigenvalue weighted by Gasteiger charge is -2.22. The Bertz CT molecular complexity index is 139. The molecule has 1 atom stereocenters. The molecule has 1 unspecified atom stereocenters. The molecule has 0 radical (unpaired) electrons. The van der Waals surface area contributed by atoms with Gasteiger partial charge in [-0.3, -0.25) is 4.79 Å². The quantitative estimate of drug-likeness (QED) is 0.644. The van der Waals surface area contributed by atoms with Crippen LogP contribution in [0.25, 0.3) is 0 Å². The monoisotopic (exact) mass is 172 g/mol. The molecule has 0 spiro atoms. The fraction of sp³-hybridized carbons (Fsp3) is 0.889. The van der Waals surface area contributed by atoms with Gasteiger partial charge < -0.3 is 9.47 Å². The molecule has 0 bridgehead atoms. The molecule has 0 amide bonds. The molecule has 1 saturated heterocycles. The summed E-state index contributed by atoms with van der Waals surface area (Å²) in [5, 5.41) is 0. The molecule has 0 aromatic carbocycles. The molecule has 0 N–H and O–H groups in total. The van der Waals surface area contributed by atoms with E-state index in [9.17, 15) is 4.79 Å². The number of rotatable bonds is 4. The van der Waals surface area contributed by atoms with Crippen molar-refractivity contribution in [3.63, 3.8) is 0 Å². The Balaban J connectivity index is 2.09. The summed E-state index contributed by atoms with van der Waals surface area (Å²) in [6, 6.07) is 0. The average Bonchev–Trinajstić information content (AvgIpc) is 2.16. The van der Waals surface area contributed by atoms with Gasteiger partial charge in [-0.15, -0.1) is 0 Å². The molecule has 1 aliphatic rings. The Kier molecular flexibility index (Phi) is 4.25. The van der Waals surface area contributed by atoms with Crippen LogP contribution in [0.1, 0.15) is 32.6 Å². The molecule has 3 nitrogen and oxygen atoms in total. The van der Waals surface area contributed by atoms with Gasteiger partial charge in [0.1, 0.15) is 6.61 Å². The van der Waals surface area contributed by atoms with E-state index < -0.39 is 0 Å². The van der Waals surface area contributed by atoms with E-state index in [-0.39, 0.29) is 18.7 Å². The summed E-state index contributed by atoms with van der Waals surface area (Å²) in [4.78, 5) is 10.9. The number of hydrogen-bond donors (Lipinski definition) is 0. The Morgan fingerprint density at radius 3 is 3.00 bits per heavy atom. The highest BCUT2D eigenvalue weighted by molar-refractivity contribution is 5.79. The molecule has 12 heavy (non-hydrogen) atoms. The fourth-order valence-corrected chi connectivity index (χ4v) is 1.13. The number of ketones is 1. The van der Waals surface area contributed by atoms with Crippen LogP contribution in [-0.2, 0) is 14.3 Å². The third kappa shape index (κ3) is 3.32. The van der Waals surface area contributed by atoms with E-state index in [0.717, 1.165) is 25.9 Å². The Morgan fingerprint density at radius 1 is 1.58 bits per heavy atom. The van der Waals surface area contributed by atoms with Crippen LogP contribution in [0, 0.1) is 0 Å². The van der Waals surface area contributed by atoms with Gasteiger partial charge >= 0.3 is 0 Å². The van der Waals surface area contributed by atoms with Crippen molar-refractivity contribution in [1.82, 2.24) is 0 Å². The number of ether oxygens (including phenoxy) is 2. The van der Waals surface area contributed by atoms with E-state index in [1.807, 2.05) is 6.92 Å². The van der Waals surface area contributed by atoms with Crippen molar-refractivity contribution in [3.8, 4) is 0 Å². The number of hydrogen-bond acceptors (Lipinski definition) is 3. The molecule has 0 aliphatic carbocycles. The molecule has 3 heteroatoms. The first-order valence-corrected chi connectivity index (χ1v) is 4.58. The molecule has 0 aromatic heterocycles. The Morgan fingerprint density at radius 2 is 2.42 bits per heavy atom. The SMILES string of the molecule is CCC(=O)COC1CCCCO1. The van der Waals surface area contributed by atoms with Crippen molar-refractivity contribution in [1.29, 1.82) is 0 Å². The van der Waals surface area contributed by atoms with Gasteiger partial charge in [0.25, 0.3) is 0 Å². The van der Waals surface area contributed by atoms with E-state index in [4.69, 9.17) is 9.47 Å². The van der Waals surface area contributed by atoms with Crippen LogP contribution in [0.15, 0.2) is 0 Å². The van der Waals surface area contributed by atoms with Gasteiger partial charge in [0.05, 0.1) is 0 Å². The summed E-state index contributed by atoms with van der Waals surface area (Å²) in [7, 11) is 0. The van der Waals surface area contributed by atoms with Gasteiger partial charge in [0.2, 0.25) is 0 Å². The number of carbonyl (C=O) groups excluding carboxylic acids is 1. The average molecular weight is 172 g/mol. The summed E-state index contributed by atoms with van der Waals surface area (Å²) >= 11 is 0. The fourth-order valence-electron chi connectivity index (χ4n) is 1.13. The highest BCUT2D eigenvalue weighted by Crippen LogP contribution is 2.13. The van der Waals surface area contributed by atoms with Gasteiger partial charge in [-0.1, -0.05) is 6.92 Å². The first kappa shape index (κ1) is 9.68. The van der Waals surface area contributed by atoms with Gasteiger partial charge in [0, 0.05) is 13.0 Å². The van der Waals surface area contributed by atoms with Crippen LogP contribution in [0.3, 0.4) is 0 Å². The molecule has 1 fully saturated rings. The predicted octanol–water partition coefficient (Wildman–Crippen LogP) is 1.51. The summed E-state index contributed by atoms with van der Waals surface area (Å²) in [5.74, 6) is 0.143. The van der Waals surface area contributed by atoms with E-state index in [2.05, 4.69) is 0 Å². The third-order valence-corrected chi connectivity index (χ3v) is 1.96. The largest absolute Gasteiger partial charge is 0.353 e. The van der Waals surface area contributed by atoms with Crippen molar-refractivity contribution >= 4 is 5.78 Å². The molecule has 1 aliphatic heterocycles. The Labute approximate surface area is 73.0 Å². The summed E-state index contributed by atoms with van der Waals surface area (Å²) in [6.07, 6.45) is 3.60. The Hall–Kier alpha value is -0.410. The van der Waals surface area contributed by atoms with Crippen LogP contribution in [0.4, 0.5) is 0 Å². The first-order chi connectivity index (χ1) is 5.83. The predicted molar refractivity (Wildman–Crippen MR) is 44.8 cm³/mol. The maximum atomic E-state index is 10.9. The summed E-state index contributed by atoms with van der Waals surface area (Å²) in [5.41, 5.74) is 0. The highest BCUT2D eigenvalue weighted by atomic mass is 16.7. The third-order valence-electron chi connectivity index (χ3n) is 1.96. The molecule has 1 heterocycles. The second-order valence-corrected chi connectivity index (χ2v) is 3.00.